The van der Waals surface area contributed by atoms with E-state index in [0.29, 0.717) is 23.7 Å². The van der Waals surface area contributed by atoms with Crippen LogP contribution >= 0.6 is 11.6 Å². The second-order valence-electron chi connectivity index (χ2n) is 4.73. The largest absolute Gasteiger partial charge is 0.383 e. The number of aliphatic hydroxyl groups is 1. The van der Waals surface area contributed by atoms with Crippen LogP contribution in [0, 0.1) is 5.82 Å². The van der Waals surface area contributed by atoms with Gasteiger partial charge in [-0.2, -0.15) is 5.10 Å². The number of aromatic nitrogens is 2. The van der Waals surface area contributed by atoms with Crippen LogP contribution in [-0.4, -0.2) is 14.9 Å². The summed E-state index contributed by atoms with van der Waals surface area (Å²) in [7, 11) is 0. The van der Waals surface area contributed by atoms with Crippen molar-refractivity contribution in [3.63, 3.8) is 0 Å². The molecule has 0 bridgehead atoms. The van der Waals surface area contributed by atoms with Crippen molar-refractivity contribution in [2.45, 2.75) is 32.4 Å². The summed E-state index contributed by atoms with van der Waals surface area (Å²) in [6, 6.07) is 6.07. The molecular formula is C14H16ClFN2O. The molecule has 0 aliphatic rings. The Labute approximate surface area is 116 Å². The Hall–Kier alpha value is -1.39. The zero-order chi connectivity index (χ0) is 14.0. The van der Waals surface area contributed by atoms with Crippen LogP contribution in [0.3, 0.4) is 0 Å². The second kappa shape index (κ2) is 5.31. The SMILES string of the molecule is CCn1ncc(Cl)c1C(C)(O)Cc1ccc(F)cc1. The van der Waals surface area contributed by atoms with E-state index in [2.05, 4.69) is 5.10 Å². The maximum Gasteiger partial charge on any atom is 0.123 e. The first-order valence-corrected chi connectivity index (χ1v) is 6.50. The van der Waals surface area contributed by atoms with Crippen molar-refractivity contribution in [1.29, 1.82) is 0 Å². The minimum absolute atomic E-state index is 0.292. The van der Waals surface area contributed by atoms with E-state index in [4.69, 9.17) is 11.6 Å². The molecular weight excluding hydrogens is 267 g/mol. The first-order valence-electron chi connectivity index (χ1n) is 6.12. The topological polar surface area (TPSA) is 38.0 Å². The Kier molecular flexibility index (Phi) is 3.92. The zero-order valence-electron chi connectivity index (χ0n) is 10.9. The van der Waals surface area contributed by atoms with Crippen molar-refractivity contribution in [2.24, 2.45) is 0 Å². The maximum absolute atomic E-state index is 12.9. The lowest BCUT2D eigenvalue weighted by Crippen LogP contribution is -2.28. The molecule has 0 saturated heterocycles. The fourth-order valence-electron chi connectivity index (χ4n) is 2.22. The lowest BCUT2D eigenvalue weighted by Gasteiger charge is -2.25. The summed E-state index contributed by atoms with van der Waals surface area (Å²) in [6.07, 6.45) is 1.87. The Morgan fingerprint density at radius 1 is 1.37 bits per heavy atom. The molecule has 0 fully saturated rings. The Bertz CT molecular complexity index is 563. The van der Waals surface area contributed by atoms with Crippen molar-refractivity contribution in [3.8, 4) is 0 Å². The Balaban J connectivity index is 2.31. The average molecular weight is 283 g/mol. The molecule has 2 rings (SSSR count). The number of hydrogen-bond acceptors (Lipinski definition) is 2. The Morgan fingerprint density at radius 3 is 2.58 bits per heavy atom. The monoisotopic (exact) mass is 282 g/mol. The predicted octanol–water partition coefficient (Wildman–Crippen LogP) is 3.15. The molecule has 19 heavy (non-hydrogen) atoms. The van der Waals surface area contributed by atoms with Crippen LogP contribution in [0.25, 0.3) is 0 Å². The van der Waals surface area contributed by atoms with Crippen LogP contribution in [0.1, 0.15) is 25.1 Å². The molecule has 0 saturated carbocycles. The van der Waals surface area contributed by atoms with Gasteiger partial charge in [-0.25, -0.2) is 4.39 Å². The minimum atomic E-state index is -1.15. The standard InChI is InChI=1S/C14H16ClFN2O/c1-3-18-13(12(15)9-17-18)14(2,19)8-10-4-6-11(16)7-5-10/h4-7,9,19H,3,8H2,1-2H3. The molecule has 0 radical (unpaired) electrons. The van der Waals surface area contributed by atoms with E-state index in [1.165, 1.54) is 18.3 Å². The van der Waals surface area contributed by atoms with Crippen molar-refractivity contribution in [1.82, 2.24) is 9.78 Å². The third-order valence-electron chi connectivity index (χ3n) is 3.07. The van der Waals surface area contributed by atoms with Crippen molar-refractivity contribution in [2.75, 3.05) is 0 Å². The summed E-state index contributed by atoms with van der Waals surface area (Å²) in [6.45, 7) is 4.24. The number of nitrogens with zero attached hydrogens (tertiary/aromatic N) is 2. The summed E-state index contributed by atoms with van der Waals surface area (Å²) in [5, 5.41) is 15.2. The van der Waals surface area contributed by atoms with Crippen LogP contribution in [0.5, 0.6) is 0 Å². The van der Waals surface area contributed by atoms with Crippen molar-refractivity contribution >= 4 is 11.6 Å². The van der Waals surface area contributed by atoms with E-state index in [1.807, 2.05) is 6.92 Å². The molecule has 102 valence electrons. The Morgan fingerprint density at radius 2 is 2.00 bits per heavy atom. The lowest BCUT2D eigenvalue weighted by atomic mass is 9.93. The van der Waals surface area contributed by atoms with Gasteiger partial charge in [0.1, 0.15) is 11.4 Å². The van der Waals surface area contributed by atoms with Gasteiger partial charge in [0.2, 0.25) is 0 Å². The minimum Gasteiger partial charge on any atom is -0.383 e. The summed E-state index contributed by atoms with van der Waals surface area (Å²) in [5.74, 6) is -0.292. The predicted molar refractivity (Wildman–Crippen MR) is 72.6 cm³/mol. The highest BCUT2D eigenvalue weighted by Gasteiger charge is 2.30. The van der Waals surface area contributed by atoms with Crippen molar-refractivity contribution < 1.29 is 9.50 Å². The third-order valence-corrected chi connectivity index (χ3v) is 3.34. The first-order chi connectivity index (χ1) is 8.94. The molecule has 1 aromatic carbocycles. The molecule has 1 atom stereocenters. The molecule has 0 amide bonds. The fourth-order valence-corrected chi connectivity index (χ4v) is 2.57. The van der Waals surface area contributed by atoms with Crippen LogP contribution < -0.4 is 0 Å². The highest BCUT2D eigenvalue weighted by molar-refractivity contribution is 6.31. The number of hydrogen-bond donors (Lipinski definition) is 1. The summed E-state index contributed by atoms with van der Waals surface area (Å²) in [4.78, 5) is 0. The molecule has 0 spiro atoms. The summed E-state index contributed by atoms with van der Waals surface area (Å²) < 4.78 is 14.6. The maximum atomic E-state index is 12.9. The molecule has 1 unspecified atom stereocenters. The second-order valence-corrected chi connectivity index (χ2v) is 5.14. The van der Waals surface area contributed by atoms with E-state index in [-0.39, 0.29) is 5.82 Å². The van der Waals surface area contributed by atoms with Gasteiger partial charge >= 0.3 is 0 Å². The van der Waals surface area contributed by atoms with Gasteiger partial charge in [0, 0.05) is 13.0 Å². The molecule has 0 aliphatic heterocycles. The average Bonchev–Trinajstić information content (AvgIpc) is 2.74. The zero-order valence-corrected chi connectivity index (χ0v) is 11.7. The molecule has 2 aromatic rings. The molecule has 3 nitrogen and oxygen atoms in total. The van der Waals surface area contributed by atoms with Gasteiger partial charge in [-0.15, -0.1) is 0 Å². The number of halogens is 2. The van der Waals surface area contributed by atoms with Gasteiger partial charge in [-0.05, 0) is 31.5 Å². The normalized spacial score (nSPS) is 14.4. The highest BCUT2D eigenvalue weighted by Crippen LogP contribution is 2.31. The van der Waals surface area contributed by atoms with Crippen LogP contribution in [0.2, 0.25) is 5.02 Å². The molecule has 0 aliphatic carbocycles. The van der Waals surface area contributed by atoms with Gasteiger partial charge in [-0.3, -0.25) is 4.68 Å². The summed E-state index contributed by atoms with van der Waals surface area (Å²) >= 11 is 6.10. The smallest absolute Gasteiger partial charge is 0.123 e. The number of rotatable bonds is 4. The quantitative estimate of drug-likeness (QED) is 0.935. The first kappa shape index (κ1) is 14.0. The molecule has 1 N–H and O–H groups in total. The van der Waals surface area contributed by atoms with Crippen molar-refractivity contribution in [3.05, 3.63) is 52.6 Å². The highest BCUT2D eigenvalue weighted by atomic mass is 35.5. The lowest BCUT2D eigenvalue weighted by molar-refractivity contribution is 0.0481. The van der Waals surface area contributed by atoms with E-state index >= 15 is 0 Å². The van der Waals surface area contributed by atoms with Gasteiger partial charge < -0.3 is 5.11 Å². The number of aryl methyl sites for hydroxylation is 1. The van der Waals surface area contributed by atoms with E-state index < -0.39 is 5.60 Å². The fraction of sp³-hybridized carbons (Fsp3) is 0.357. The molecule has 1 heterocycles. The molecule has 1 aromatic heterocycles. The van der Waals surface area contributed by atoms with Crippen LogP contribution in [0.15, 0.2) is 30.5 Å². The third kappa shape index (κ3) is 2.96. The van der Waals surface area contributed by atoms with Gasteiger partial charge in [0.25, 0.3) is 0 Å². The van der Waals surface area contributed by atoms with E-state index in [9.17, 15) is 9.50 Å². The van der Waals surface area contributed by atoms with E-state index in [0.717, 1.165) is 5.56 Å². The van der Waals surface area contributed by atoms with Gasteiger partial charge in [-0.1, -0.05) is 23.7 Å². The molecule has 5 heteroatoms. The summed E-state index contributed by atoms with van der Waals surface area (Å²) in [5.41, 5.74) is 0.272. The van der Waals surface area contributed by atoms with E-state index in [1.54, 1.807) is 23.7 Å². The van der Waals surface area contributed by atoms with Gasteiger partial charge in [0.15, 0.2) is 0 Å². The van der Waals surface area contributed by atoms with Gasteiger partial charge in [0.05, 0.1) is 16.9 Å². The van der Waals surface area contributed by atoms with Crippen LogP contribution in [0.4, 0.5) is 4.39 Å². The van der Waals surface area contributed by atoms with Crippen LogP contribution in [-0.2, 0) is 18.6 Å². The number of benzene rings is 1.